The number of rotatable bonds is 5. The predicted molar refractivity (Wildman–Crippen MR) is 196 cm³/mol. The number of aromatic nitrogens is 1. The number of allylic oxidation sites excluding steroid dienone is 4. The molecule has 2 aliphatic carbocycles. The molecule has 3 atom stereocenters. The molecule has 0 N–H and O–H groups in total. The topological polar surface area (TPSA) is 12.9 Å². The summed E-state index contributed by atoms with van der Waals surface area (Å²) in [4.78, 5) is 4.31. The number of nitrogens with zero attached hydrogens (tertiary/aromatic N) is 1. The van der Waals surface area contributed by atoms with Crippen molar-refractivity contribution in [1.82, 2.24) is 4.98 Å². The van der Waals surface area contributed by atoms with Crippen molar-refractivity contribution in [3.8, 4) is 33.4 Å². The van der Waals surface area contributed by atoms with Crippen LogP contribution in [0.3, 0.4) is 0 Å². The maximum atomic E-state index is 4.31. The van der Waals surface area contributed by atoms with E-state index in [1.807, 2.05) is 12.4 Å². The number of fused-ring (bicyclic) bond motifs is 6. The van der Waals surface area contributed by atoms with E-state index in [2.05, 4.69) is 151 Å². The first-order valence-corrected chi connectivity index (χ1v) is 16.6. The van der Waals surface area contributed by atoms with Crippen LogP contribution in [-0.4, -0.2) is 4.98 Å². The third kappa shape index (κ3) is 4.66. The molecule has 1 heteroatoms. The second-order valence-corrected chi connectivity index (χ2v) is 13.3. The molecular weight excluding hydrogens is 555 g/mol. The summed E-state index contributed by atoms with van der Waals surface area (Å²) in [5, 5.41) is 7.82. The Morgan fingerprint density at radius 1 is 0.522 bits per heavy atom. The lowest BCUT2D eigenvalue weighted by Gasteiger charge is -2.21. The minimum Gasteiger partial charge on any atom is -0.265 e. The molecule has 1 aromatic heterocycles. The summed E-state index contributed by atoms with van der Waals surface area (Å²) in [6.45, 7) is 2.40. The molecule has 1 heterocycles. The van der Waals surface area contributed by atoms with Crippen LogP contribution in [0, 0.1) is 17.8 Å². The van der Waals surface area contributed by atoms with Gasteiger partial charge in [-0.05, 0) is 144 Å². The molecule has 0 bridgehead atoms. The quantitative estimate of drug-likeness (QED) is 0.182. The van der Waals surface area contributed by atoms with Crippen LogP contribution in [0.25, 0.3) is 71.3 Å². The van der Waals surface area contributed by atoms with Crippen molar-refractivity contribution >= 4 is 37.9 Å². The summed E-state index contributed by atoms with van der Waals surface area (Å²) in [6, 6.07) is 45.0. The Morgan fingerprint density at radius 2 is 1.09 bits per heavy atom. The standard InChI is InChI=1S/C45H35N/c1-29-23-44(29)32-10-8-9-31(24-32)35-25-34(30-19-21-46-22-20-30)26-36(27-35)38-12-3-2-11-37(38)33-17-18-43-41-15-5-4-13-39(41)40-14-6-7-16-42(40)45(43)28-33/h2-22,25-29,32,44H,23-24H2,1H3/t29-,32+,44-/m1/s1. The zero-order chi connectivity index (χ0) is 30.6. The van der Waals surface area contributed by atoms with Gasteiger partial charge in [-0.15, -0.1) is 0 Å². The van der Waals surface area contributed by atoms with Gasteiger partial charge in [0.1, 0.15) is 0 Å². The van der Waals surface area contributed by atoms with Crippen LogP contribution in [-0.2, 0) is 0 Å². The van der Waals surface area contributed by atoms with E-state index in [0.717, 1.165) is 18.3 Å². The Labute approximate surface area is 270 Å². The van der Waals surface area contributed by atoms with Gasteiger partial charge in [0.15, 0.2) is 0 Å². The molecule has 220 valence electrons. The van der Waals surface area contributed by atoms with E-state index in [-0.39, 0.29) is 0 Å². The van der Waals surface area contributed by atoms with Gasteiger partial charge in [0, 0.05) is 12.4 Å². The summed E-state index contributed by atoms with van der Waals surface area (Å²) < 4.78 is 0. The molecule has 9 rings (SSSR count). The molecule has 7 aromatic rings. The van der Waals surface area contributed by atoms with Gasteiger partial charge in [-0.25, -0.2) is 0 Å². The smallest absolute Gasteiger partial charge is 0.0273 e. The van der Waals surface area contributed by atoms with Crippen LogP contribution in [0.5, 0.6) is 0 Å². The normalized spacial score (nSPS) is 19.1. The molecular formula is C45H35N. The lowest BCUT2D eigenvalue weighted by Crippen LogP contribution is -2.05. The summed E-state index contributed by atoms with van der Waals surface area (Å²) in [5.74, 6) is 2.31. The Morgan fingerprint density at radius 3 is 1.76 bits per heavy atom. The lowest BCUT2D eigenvalue weighted by molar-refractivity contribution is 0.547. The molecule has 0 radical (unpaired) electrons. The number of hydrogen-bond donors (Lipinski definition) is 0. The predicted octanol–water partition coefficient (Wildman–Crippen LogP) is 12.2. The molecule has 1 fully saturated rings. The van der Waals surface area contributed by atoms with Crippen LogP contribution in [0.2, 0.25) is 0 Å². The molecule has 0 spiro atoms. The monoisotopic (exact) mass is 589 g/mol. The average molecular weight is 590 g/mol. The van der Waals surface area contributed by atoms with Crippen molar-refractivity contribution in [2.45, 2.75) is 19.8 Å². The van der Waals surface area contributed by atoms with E-state index in [0.29, 0.717) is 5.92 Å². The van der Waals surface area contributed by atoms with Gasteiger partial charge in [-0.3, -0.25) is 4.98 Å². The van der Waals surface area contributed by atoms with Gasteiger partial charge < -0.3 is 0 Å². The molecule has 46 heavy (non-hydrogen) atoms. The van der Waals surface area contributed by atoms with Crippen molar-refractivity contribution in [3.63, 3.8) is 0 Å². The zero-order valence-corrected chi connectivity index (χ0v) is 26.0. The minimum absolute atomic E-state index is 0.638. The number of pyridine rings is 1. The maximum Gasteiger partial charge on any atom is 0.0273 e. The Bertz CT molecular complexity index is 2310. The first-order valence-electron chi connectivity index (χ1n) is 16.6. The van der Waals surface area contributed by atoms with Gasteiger partial charge >= 0.3 is 0 Å². The fourth-order valence-corrected chi connectivity index (χ4v) is 7.90. The highest BCUT2D eigenvalue weighted by molar-refractivity contribution is 6.25. The Kier molecular flexibility index (Phi) is 6.45. The zero-order valence-electron chi connectivity index (χ0n) is 26.0. The lowest BCUT2D eigenvalue weighted by atomic mass is 9.84. The summed E-state index contributed by atoms with van der Waals surface area (Å²) in [7, 11) is 0. The summed E-state index contributed by atoms with van der Waals surface area (Å²) >= 11 is 0. The van der Waals surface area contributed by atoms with Crippen molar-refractivity contribution in [1.29, 1.82) is 0 Å². The van der Waals surface area contributed by atoms with Crippen molar-refractivity contribution < 1.29 is 0 Å². The van der Waals surface area contributed by atoms with Gasteiger partial charge in [0.05, 0.1) is 0 Å². The maximum absolute atomic E-state index is 4.31. The van der Waals surface area contributed by atoms with Crippen LogP contribution in [0.4, 0.5) is 0 Å². The van der Waals surface area contributed by atoms with Gasteiger partial charge in [0.25, 0.3) is 0 Å². The highest BCUT2D eigenvalue weighted by Crippen LogP contribution is 2.49. The first kappa shape index (κ1) is 27.1. The van der Waals surface area contributed by atoms with E-state index < -0.39 is 0 Å². The average Bonchev–Trinajstić information content (AvgIpc) is 3.88. The van der Waals surface area contributed by atoms with Crippen molar-refractivity contribution in [2.75, 3.05) is 0 Å². The fraction of sp³-hybridized carbons (Fsp3) is 0.133. The molecule has 0 saturated heterocycles. The van der Waals surface area contributed by atoms with Crippen molar-refractivity contribution in [2.24, 2.45) is 17.8 Å². The minimum atomic E-state index is 0.638. The van der Waals surface area contributed by atoms with E-state index in [1.54, 1.807) is 0 Å². The van der Waals surface area contributed by atoms with Crippen LogP contribution >= 0.6 is 0 Å². The SMILES string of the molecule is C[C@@H]1C[C@H]1[C@H]1C=CC=C(c2cc(-c3ccncc3)cc(-c3ccccc3-c3ccc4c5ccccc5c5ccccc5c4c3)c2)C1. The van der Waals surface area contributed by atoms with E-state index in [4.69, 9.17) is 0 Å². The molecule has 1 nitrogen and oxygen atoms in total. The molecule has 0 amide bonds. The molecule has 0 aliphatic heterocycles. The molecule has 0 unspecified atom stereocenters. The largest absolute Gasteiger partial charge is 0.265 e. The Balaban J connectivity index is 1.22. The number of hydrogen-bond acceptors (Lipinski definition) is 1. The van der Waals surface area contributed by atoms with Gasteiger partial charge in [0.2, 0.25) is 0 Å². The molecule has 6 aromatic carbocycles. The molecule has 2 aliphatic rings. The van der Waals surface area contributed by atoms with Crippen LogP contribution < -0.4 is 0 Å². The van der Waals surface area contributed by atoms with Gasteiger partial charge in [-0.1, -0.05) is 110 Å². The first-order chi connectivity index (χ1) is 22.7. The highest BCUT2D eigenvalue weighted by Gasteiger charge is 2.38. The van der Waals surface area contributed by atoms with Crippen molar-refractivity contribution in [3.05, 3.63) is 158 Å². The summed E-state index contributed by atoms with van der Waals surface area (Å²) in [6.07, 6.45) is 13.3. The third-order valence-corrected chi connectivity index (χ3v) is 10.4. The third-order valence-electron chi connectivity index (χ3n) is 10.4. The van der Waals surface area contributed by atoms with Crippen LogP contribution in [0.15, 0.2) is 152 Å². The second kappa shape index (κ2) is 11.0. The highest BCUT2D eigenvalue weighted by atomic mass is 14.6. The van der Waals surface area contributed by atoms with Gasteiger partial charge in [-0.2, -0.15) is 0 Å². The number of benzene rings is 6. The van der Waals surface area contributed by atoms with Crippen LogP contribution in [0.1, 0.15) is 25.3 Å². The second-order valence-electron chi connectivity index (χ2n) is 13.3. The van der Waals surface area contributed by atoms with E-state index >= 15 is 0 Å². The fourth-order valence-electron chi connectivity index (χ4n) is 7.90. The summed E-state index contributed by atoms with van der Waals surface area (Å²) in [5.41, 5.74) is 10.2. The van der Waals surface area contributed by atoms with E-state index in [9.17, 15) is 0 Å². The van der Waals surface area contributed by atoms with E-state index in [1.165, 1.54) is 83.3 Å². The Hall–Kier alpha value is -5.27. The molecule has 1 saturated carbocycles.